The fourth-order valence-electron chi connectivity index (χ4n) is 3.68. The number of rotatable bonds is 6. The SMILES string of the molecule is C[C@@H](c1ccccc1)C(C(=O)Nc1ccc(I)cc1)N1C(=O)N[C@H](c2ccsc2)C1=O. The number of hydrogen-bond acceptors (Lipinski definition) is 4. The van der Waals surface area contributed by atoms with Gasteiger partial charge in [0, 0.05) is 15.2 Å². The van der Waals surface area contributed by atoms with E-state index >= 15 is 0 Å². The summed E-state index contributed by atoms with van der Waals surface area (Å²) in [6.07, 6.45) is 0. The van der Waals surface area contributed by atoms with Gasteiger partial charge in [-0.1, -0.05) is 37.3 Å². The zero-order valence-corrected chi connectivity index (χ0v) is 19.6. The molecule has 1 aliphatic rings. The number of carbonyl (C=O) groups excluding carboxylic acids is 3. The summed E-state index contributed by atoms with van der Waals surface area (Å²) < 4.78 is 1.04. The minimum atomic E-state index is -1.00. The van der Waals surface area contributed by atoms with Crippen LogP contribution in [0.15, 0.2) is 71.4 Å². The molecule has 8 heteroatoms. The fourth-order valence-corrected chi connectivity index (χ4v) is 4.72. The van der Waals surface area contributed by atoms with Gasteiger partial charge < -0.3 is 10.6 Å². The maximum atomic E-state index is 13.4. The summed E-state index contributed by atoms with van der Waals surface area (Å²) in [6.45, 7) is 1.85. The molecule has 4 amide bonds. The number of carbonyl (C=O) groups is 3. The number of nitrogens with one attached hydrogen (secondary N) is 2. The summed E-state index contributed by atoms with van der Waals surface area (Å²) in [5, 5.41) is 9.28. The Balaban J connectivity index is 1.68. The van der Waals surface area contributed by atoms with Gasteiger partial charge in [0.15, 0.2) is 0 Å². The van der Waals surface area contributed by atoms with Crippen molar-refractivity contribution in [3.63, 3.8) is 0 Å². The standard InChI is InChI=1S/C23H20IN3O3S/c1-14(15-5-3-2-4-6-15)20(21(28)25-18-9-7-17(24)8-10-18)27-22(29)19(26-23(27)30)16-11-12-31-13-16/h2-14,19-20H,1H3,(H,25,28)(H,26,30)/t14-,19+,20?/m0/s1. The number of thiophene rings is 1. The number of hydrogen-bond donors (Lipinski definition) is 2. The van der Waals surface area contributed by atoms with Crippen LogP contribution in [-0.4, -0.2) is 28.8 Å². The molecule has 1 aromatic heterocycles. The van der Waals surface area contributed by atoms with E-state index in [0.29, 0.717) is 5.69 Å². The molecule has 0 bridgehead atoms. The first-order valence-corrected chi connectivity index (χ1v) is 11.7. The first kappa shape index (κ1) is 21.5. The average Bonchev–Trinajstić information content (AvgIpc) is 3.40. The molecule has 1 saturated heterocycles. The second-order valence-corrected chi connectivity index (χ2v) is 9.31. The lowest BCUT2D eigenvalue weighted by atomic mass is 9.91. The van der Waals surface area contributed by atoms with Gasteiger partial charge in [0.05, 0.1) is 0 Å². The minimum Gasteiger partial charge on any atom is -0.324 e. The molecule has 0 aliphatic carbocycles. The van der Waals surface area contributed by atoms with Gasteiger partial charge in [-0.15, -0.1) is 0 Å². The van der Waals surface area contributed by atoms with Crippen molar-refractivity contribution in [3.8, 4) is 0 Å². The first-order valence-electron chi connectivity index (χ1n) is 9.72. The van der Waals surface area contributed by atoms with E-state index in [-0.39, 0.29) is 0 Å². The highest BCUT2D eigenvalue weighted by Gasteiger charge is 2.47. The molecule has 2 heterocycles. The number of halogens is 1. The molecule has 0 saturated carbocycles. The molecule has 2 N–H and O–H groups in total. The zero-order valence-electron chi connectivity index (χ0n) is 16.6. The van der Waals surface area contributed by atoms with Gasteiger partial charge in [0.1, 0.15) is 12.1 Å². The quantitative estimate of drug-likeness (QED) is 0.347. The highest BCUT2D eigenvalue weighted by atomic mass is 127. The van der Waals surface area contributed by atoms with Gasteiger partial charge in [0.25, 0.3) is 5.91 Å². The van der Waals surface area contributed by atoms with Crippen LogP contribution in [0.1, 0.15) is 30.0 Å². The number of imide groups is 1. The summed E-state index contributed by atoms with van der Waals surface area (Å²) in [5.74, 6) is -1.23. The Bertz CT molecular complexity index is 1090. The molecular formula is C23H20IN3O3S. The van der Waals surface area contributed by atoms with E-state index in [1.807, 2.05) is 60.1 Å². The number of urea groups is 1. The summed E-state index contributed by atoms with van der Waals surface area (Å²) in [6, 6.07) is 16.2. The summed E-state index contributed by atoms with van der Waals surface area (Å²) in [4.78, 5) is 40.6. The predicted octanol–water partition coefficient (Wildman–Crippen LogP) is 4.76. The molecule has 1 aliphatic heterocycles. The van der Waals surface area contributed by atoms with Crippen molar-refractivity contribution in [3.05, 3.63) is 86.1 Å². The molecule has 31 heavy (non-hydrogen) atoms. The van der Waals surface area contributed by atoms with Gasteiger partial charge >= 0.3 is 6.03 Å². The van der Waals surface area contributed by atoms with E-state index in [0.717, 1.165) is 19.6 Å². The van der Waals surface area contributed by atoms with Crippen molar-refractivity contribution in [2.24, 2.45) is 0 Å². The summed E-state index contributed by atoms with van der Waals surface area (Å²) >= 11 is 3.64. The van der Waals surface area contributed by atoms with E-state index in [1.54, 1.807) is 18.2 Å². The molecule has 4 rings (SSSR count). The number of nitrogens with zero attached hydrogens (tertiary/aromatic N) is 1. The van der Waals surface area contributed by atoms with Gasteiger partial charge in [0.2, 0.25) is 5.91 Å². The molecule has 6 nitrogen and oxygen atoms in total. The molecule has 1 fully saturated rings. The third kappa shape index (κ3) is 4.49. The monoisotopic (exact) mass is 545 g/mol. The van der Waals surface area contributed by atoms with Crippen molar-refractivity contribution in [2.75, 3.05) is 5.32 Å². The van der Waals surface area contributed by atoms with Crippen LogP contribution in [0.25, 0.3) is 0 Å². The third-order valence-electron chi connectivity index (χ3n) is 5.31. The molecule has 1 unspecified atom stereocenters. The van der Waals surface area contributed by atoms with Crippen LogP contribution in [0, 0.1) is 3.57 Å². The Morgan fingerprint density at radius 2 is 1.81 bits per heavy atom. The lowest BCUT2D eigenvalue weighted by Gasteiger charge is -2.30. The largest absolute Gasteiger partial charge is 0.325 e. The van der Waals surface area contributed by atoms with Crippen LogP contribution >= 0.6 is 33.9 Å². The Hall–Kier alpha value is -2.72. The lowest BCUT2D eigenvalue weighted by Crippen LogP contribution is -2.50. The van der Waals surface area contributed by atoms with Crippen molar-refractivity contribution < 1.29 is 14.4 Å². The Kier molecular flexibility index (Phi) is 6.38. The highest BCUT2D eigenvalue weighted by molar-refractivity contribution is 14.1. The number of amides is 4. The van der Waals surface area contributed by atoms with Crippen LogP contribution in [0.3, 0.4) is 0 Å². The van der Waals surface area contributed by atoms with Crippen molar-refractivity contribution in [1.82, 2.24) is 10.2 Å². The second-order valence-electron chi connectivity index (χ2n) is 7.29. The van der Waals surface area contributed by atoms with Crippen LogP contribution in [-0.2, 0) is 9.59 Å². The average molecular weight is 545 g/mol. The Morgan fingerprint density at radius 3 is 2.45 bits per heavy atom. The van der Waals surface area contributed by atoms with Gasteiger partial charge in [-0.25, -0.2) is 9.69 Å². The number of benzene rings is 2. The third-order valence-corrected chi connectivity index (χ3v) is 6.73. The zero-order chi connectivity index (χ0) is 22.0. The molecule has 0 radical (unpaired) electrons. The van der Waals surface area contributed by atoms with Crippen LogP contribution in [0.2, 0.25) is 0 Å². The van der Waals surface area contributed by atoms with Crippen LogP contribution in [0.4, 0.5) is 10.5 Å². The molecule has 2 aromatic carbocycles. The van der Waals surface area contributed by atoms with E-state index in [9.17, 15) is 14.4 Å². The van der Waals surface area contributed by atoms with Gasteiger partial charge in [-0.05, 0) is 74.8 Å². The van der Waals surface area contributed by atoms with Gasteiger partial charge in [-0.2, -0.15) is 11.3 Å². The van der Waals surface area contributed by atoms with Crippen molar-refractivity contribution in [1.29, 1.82) is 0 Å². The van der Waals surface area contributed by atoms with Gasteiger partial charge in [-0.3, -0.25) is 9.59 Å². The van der Waals surface area contributed by atoms with Crippen molar-refractivity contribution in [2.45, 2.75) is 24.9 Å². The molecule has 3 aromatic rings. The first-order chi connectivity index (χ1) is 15.0. The fraction of sp³-hybridized carbons (Fsp3) is 0.174. The van der Waals surface area contributed by atoms with Crippen LogP contribution in [0.5, 0.6) is 0 Å². The second kappa shape index (κ2) is 9.19. The number of anilines is 1. The van der Waals surface area contributed by atoms with Crippen LogP contribution < -0.4 is 10.6 Å². The Morgan fingerprint density at radius 1 is 1.10 bits per heavy atom. The Labute approximate surface area is 197 Å². The molecular weight excluding hydrogens is 525 g/mol. The van der Waals surface area contributed by atoms with E-state index in [4.69, 9.17) is 0 Å². The maximum absolute atomic E-state index is 13.4. The van der Waals surface area contributed by atoms with Crippen molar-refractivity contribution >= 4 is 57.5 Å². The van der Waals surface area contributed by atoms with E-state index < -0.39 is 35.8 Å². The highest BCUT2D eigenvalue weighted by Crippen LogP contribution is 2.31. The lowest BCUT2D eigenvalue weighted by molar-refractivity contribution is -0.134. The minimum absolute atomic E-state index is 0.402. The molecule has 0 spiro atoms. The molecule has 158 valence electrons. The molecule has 3 atom stereocenters. The van der Waals surface area contributed by atoms with E-state index in [1.165, 1.54) is 11.3 Å². The predicted molar refractivity (Wildman–Crippen MR) is 129 cm³/mol. The smallest absolute Gasteiger partial charge is 0.324 e. The topological polar surface area (TPSA) is 78.5 Å². The summed E-state index contributed by atoms with van der Waals surface area (Å²) in [7, 11) is 0. The maximum Gasteiger partial charge on any atom is 0.325 e. The normalized spacial score (nSPS) is 17.9. The van der Waals surface area contributed by atoms with E-state index in [2.05, 4.69) is 33.2 Å². The summed E-state index contributed by atoms with van der Waals surface area (Å²) in [5.41, 5.74) is 2.19.